The third kappa shape index (κ3) is 9.30. The SMILES string of the molecule is O=C(O)CC(CS(=O)(=O)c1ccc(OCc2cccc(NC(=O)NCc3cccnc3)c2)cc1)c1ccc(C(F)(F)F)cc1. The van der Waals surface area contributed by atoms with Crippen LogP contribution in [0.4, 0.5) is 23.7 Å². The van der Waals surface area contributed by atoms with Gasteiger partial charge in [0.05, 0.1) is 22.6 Å². The number of benzene rings is 3. The number of pyridine rings is 1. The Morgan fingerprint density at radius 2 is 1.64 bits per heavy atom. The summed E-state index contributed by atoms with van der Waals surface area (Å²) < 4.78 is 70.8. The normalized spacial score (nSPS) is 12.2. The lowest BCUT2D eigenvalue weighted by Crippen LogP contribution is -2.28. The quantitative estimate of drug-likeness (QED) is 0.175. The molecule has 3 aromatic carbocycles. The molecule has 4 rings (SSSR count). The molecule has 0 spiro atoms. The molecule has 0 saturated carbocycles. The molecule has 0 fully saturated rings. The zero-order valence-corrected chi connectivity index (χ0v) is 23.9. The highest BCUT2D eigenvalue weighted by molar-refractivity contribution is 7.91. The standard InChI is InChI=1S/C31H28F3N3O6S/c32-31(33,34)25-8-6-23(7-9-25)24(16-29(38)39)20-44(41,42)28-12-10-27(11-13-28)43-19-21-3-1-5-26(15-21)37-30(40)36-18-22-4-2-14-35-17-22/h1-15,17,24H,16,18-20H2,(H,38,39)(H2,36,37,40). The monoisotopic (exact) mass is 627 g/mol. The number of nitrogens with one attached hydrogen (secondary N) is 2. The lowest BCUT2D eigenvalue weighted by atomic mass is 9.96. The Balaban J connectivity index is 1.35. The number of amides is 2. The van der Waals surface area contributed by atoms with Crippen molar-refractivity contribution in [2.24, 2.45) is 0 Å². The zero-order chi connectivity index (χ0) is 31.7. The first-order valence-corrected chi connectivity index (χ1v) is 14.9. The van der Waals surface area contributed by atoms with E-state index in [-0.39, 0.29) is 17.1 Å². The van der Waals surface area contributed by atoms with Crippen molar-refractivity contribution < 1.29 is 41.0 Å². The van der Waals surface area contributed by atoms with Crippen molar-refractivity contribution in [3.8, 4) is 5.75 Å². The van der Waals surface area contributed by atoms with Crippen molar-refractivity contribution in [1.29, 1.82) is 0 Å². The zero-order valence-electron chi connectivity index (χ0n) is 23.1. The highest BCUT2D eigenvalue weighted by atomic mass is 32.2. The Labute approximate surface area is 251 Å². The van der Waals surface area contributed by atoms with Crippen molar-refractivity contribution in [2.75, 3.05) is 11.1 Å². The number of nitrogens with zero attached hydrogens (tertiary/aromatic N) is 1. The van der Waals surface area contributed by atoms with E-state index in [9.17, 15) is 36.3 Å². The van der Waals surface area contributed by atoms with Crippen molar-refractivity contribution in [3.05, 3.63) is 120 Å². The van der Waals surface area contributed by atoms with E-state index in [1.165, 1.54) is 24.3 Å². The molecule has 13 heteroatoms. The van der Waals surface area contributed by atoms with E-state index >= 15 is 0 Å². The highest BCUT2D eigenvalue weighted by Gasteiger charge is 2.31. The maximum absolute atomic E-state index is 13.1. The number of carbonyl (C=O) groups is 2. The Morgan fingerprint density at radius 1 is 0.932 bits per heavy atom. The Hall–Kier alpha value is -4.91. The second-order valence-corrected chi connectivity index (χ2v) is 11.9. The van der Waals surface area contributed by atoms with Crippen LogP contribution < -0.4 is 15.4 Å². The molecule has 3 N–H and O–H groups in total. The smallest absolute Gasteiger partial charge is 0.416 e. The molecular weight excluding hydrogens is 599 g/mol. The van der Waals surface area contributed by atoms with Crippen LogP contribution in [0.5, 0.6) is 5.75 Å². The molecule has 0 aliphatic rings. The molecular formula is C31H28F3N3O6S. The van der Waals surface area contributed by atoms with Gasteiger partial charge in [-0.15, -0.1) is 0 Å². The average Bonchev–Trinajstić information content (AvgIpc) is 2.99. The number of sulfone groups is 1. The minimum absolute atomic E-state index is 0.0874. The van der Waals surface area contributed by atoms with Crippen LogP contribution in [-0.4, -0.2) is 36.3 Å². The van der Waals surface area contributed by atoms with Gasteiger partial charge < -0.3 is 20.5 Å². The number of hydrogen-bond acceptors (Lipinski definition) is 6. The van der Waals surface area contributed by atoms with Gasteiger partial charge in [0.15, 0.2) is 9.84 Å². The summed E-state index contributed by atoms with van der Waals surface area (Å²) in [6.45, 7) is 0.428. The average molecular weight is 628 g/mol. The summed E-state index contributed by atoms with van der Waals surface area (Å²) in [5.74, 6) is -2.59. The van der Waals surface area contributed by atoms with Crippen LogP contribution in [0, 0.1) is 0 Å². The van der Waals surface area contributed by atoms with E-state index in [1.807, 2.05) is 6.07 Å². The number of carboxylic acids is 1. The van der Waals surface area contributed by atoms with Gasteiger partial charge in [-0.3, -0.25) is 9.78 Å². The molecule has 4 aromatic rings. The van der Waals surface area contributed by atoms with Crippen molar-refractivity contribution >= 4 is 27.5 Å². The topological polar surface area (TPSA) is 135 Å². The fourth-order valence-corrected chi connectivity index (χ4v) is 5.88. The number of aliphatic carboxylic acids is 1. The van der Waals surface area contributed by atoms with Crippen LogP contribution in [0.25, 0.3) is 0 Å². The molecule has 0 bridgehead atoms. The van der Waals surface area contributed by atoms with E-state index in [1.54, 1.807) is 42.7 Å². The molecule has 230 valence electrons. The minimum Gasteiger partial charge on any atom is -0.489 e. The van der Waals surface area contributed by atoms with Crippen LogP contribution in [0.15, 0.2) is 102 Å². The number of hydrogen-bond donors (Lipinski definition) is 3. The van der Waals surface area contributed by atoms with Crippen LogP contribution in [0.3, 0.4) is 0 Å². The fourth-order valence-electron chi connectivity index (χ4n) is 4.30. The van der Waals surface area contributed by atoms with Crippen molar-refractivity contribution in [2.45, 2.75) is 36.6 Å². The van der Waals surface area contributed by atoms with E-state index in [4.69, 9.17) is 4.74 Å². The van der Waals surface area contributed by atoms with Gasteiger partial charge in [0.25, 0.3) is 0 Å². The molecule has 1 unspecified atom stereocenters. The van der Waals surface area contributed by atoms with E-state index in [0.29, 0.717) is 18.0 Å². The number of aromatic nitrogens is 1. The van der Waals surface area contributed by atoms with E-state index < -0.39 is 51.7 Å². The summed E-state index contributed by atoms with van der Waals surface area (Å²) in [6.07, 6.45) is -1.86. The van der Waals surface area contributed by atoms with E-state index in [0.717, 1.165) is 35.4 Å². The lowest BCUT2D eigenvalue weighted by molar-refractivity contribution is -0.138. The Kier molecular flexibility index (Phi) is 10.2. The third-order valence-corrected chi connectivity index (χ3v) is 8.33. The number of ether oxygens (including phenoxy) is 1. The summed E-state index contributed by atoms with van der Waals surface area (Å²) >= 11 is 0. The van der Waals surface area contributed by atoms with Gasteiger partial charge in [0.1, 0.15) is 12.4 Å². The van der Waals surface area contributed by atoms with Gasteiger partial charge in [0, 0.05) is 30.5 Å². The maximum Gasteiger partial charge on any atom is 0.416 e. The third-order valence-electron chi connectivity index (χ3n) is 6.50. The summed E-state index contributed by atoms with van der Waals surface area (Å²) in [5.41, 5.74) is 1.38. The predicted molar refractivity (Wildman–Crippen MR) is 156 cm³/mol. The number of alkyl halides is 3. The van der Waals surface area contributed by atoms with Crippen molar-refractivity contribution in [1.82, 2.24) is 10.3 Å². The first kappa shape index (κ1) is 32.0. The minimum atomic E-state index is -4.58. The van der Waals surface area contributed by atoms with Gasteiger partial charge in [-0.05, 0) is 71.3 Å². The first-order chi connectivity index (χ1) is 20.9. The van der Waals surface area contributed by atoms with Gasteiger partial charge >= 0.3 is 18.2 Å². The molecule has 2 amide bonds. The number of carbonyl (C=O) groups excluding carboxylic acids is 1. The Bertz CT molecular complexity index is 1680. The van der Waals surface area contributed by atoms with Crippen LogP contribution in [-0.2, 0) is 34.0 Å². The Morgan fingerprint density at radius 3 is 2.27 bits per heavy atom. The molecule has 9 nitrogen and oxygen atoms in total. The number of anilines is 1. The predicted octanol–water partition coefficient (Wildman–Crippen LogP) is 6.03. The number of halogens is 3. The fraction of sp³-hybridized carbons (Fsp3) is 0.194. The second-order valence-electron chi connectivity index (χ2n) is 9.83. The molecule has 44 heavy (non-hydrogen) atoms. The summed E-state index contributed by atoms with van der Waals surface area (Å²) in [4.78, 5) is 27.6. The lowest BCUT2D eigenvalue weighted by Gasteiger charge is -2.17. The van der Waals surface area contributed by atoms with Crippen LogP contribution >= 0.6 is 0 Å². The maximum atomic E-state index is 13.1. The van der Waals surface area contributed by atoms with Gasteiger partial charge in [-0.1, -0.05) is 30.3 Å². The molecule has 1 heterocycles. The largest absolute Gasteiger partial charge is 0.489 e. The first-order valence-electron chi connectivity index (χ1n) is 13.3. The molecule has 0 radical (unpaired) electrons. The van der Waals surface area contributed by atoms with Gasteiger partial charge in [0.2, 0.25) is 0 Å². The van der Waals surface area contributed by atoms with Gasteiger partial charge in [-0.25, -0.2) is 13.2 Å². The van der Waals surface area contributed by atoms with Crippen LogP contribution in [0.1, 0.15) is 34.6 Å². The summed E-state index contributed by atoms with van der Waals surface area (Å²) in [7, 11) is -4.01. The second kappa shape index (κ2) is 14.0. The number of carboxylic acid groups (broad SMARTS) is 1. The van der Waals surface area contributed by atoms with Crippen LogP contribution in [0.2, 0.25) is 0 Å². The number of urea groups is 1. The molecule has 0 aliphatic carbocycles. The highest BCUT2D eigenvalue weighted by Crippen LogP contribution is 2.32. The molecule has 1 aromatic heterocycles. The summed E-state index contributed by atoms with van der Waals surface area (Å²) in [5, 5.41) is 14.8. The molecule has 0 saturated heterocycles. The number of rotatable bonds is 12. The molecule has 1 atom stereocenters. The summed E-state index contributed by atoms with van der Waals surface area (Å²) in [6, 6.07) is 19.5. The van der Waals surface area contributed by atoms with E-state index in [2.05, 4.69) is 15.6 Å². The van der Waals surface area contributed by atoms with Crippen molar-refractivity contribution in [3.63, 3.8) is 0 Å². The molecule has 0 aliphatic heterocycles. The van der Waals surface area contributed by atoms with Gasteiger partial charge in [-0.2, -0.15) is 13.2 Å².